The number of halogens is 1. The molecule has 0 aromatic heterocycles. The van der Waals surface area contributed by atoms with Gasteiger partial charge in [0.15, 0.2) is 0 Å². The van der Waals surface area contributed by atoms with Gasteiger partial charge in [-0.05, 0) is 47.2 Å². The maximum atomic E-state index is 13.4. The van der Waals surface area contributed by atoms with Gasteiger partial charge in [0.2, 0.25) is 18.2 Å². The Labute approximate surface area is 282 Å². The van der Waals surface area contributed by atoms with E-state index in [-0.39, 0.29) is 50.7 Å². The van der Waals surface area contributed by atoms with Crippen LogP contribution in [-0.2, 0) is 36.9 Å². The first-order valence-electron chi connectivity index (χ1n) is 15.6. The third-order valence-corrected chi connectivity index (χ3v) is 6.84. The summed E-state index contributed by atoms with van der Waals surface area (Å²) in [6.07, 6.45) is -0.263. The quantitative estimate of drug-likeness (QED) is 0.295. The molecule has 0 radical (unpaired) electrons. The smallest absolute Gasteiger partial charge is 0.252 e. The van der Waals surface area contributed by atoms with Gasteiger partial charge >= 0.3 is 0 Å². The minimum absolute atomic E-state index is 0.0846. The topological polar surface area (TPSA) is 146 Å². The number of para-hydroxylation sites is 1. The van der Waals surface area contributed by atoms with E-state index in [1.807, 2.05) is 36.4 Å². The molecule has 48 heavy (non-hydrogen) atoms. The minimum Gasteiger partial charge on any atom is -0.372 e. The maximum Gasteiger partial charge on any atom is 0.252 e. The lowest BCUT2D eigenvalue weighted by atomic mass is 10.0. The number of carbonyl (C=O) groups is 4. The molecule has 3 unspecified atom stereocenters. The van der Waals surface area contributed by atoms with Gasteiger partial charge in [-0.2, -0.15) is 5.26 Å². The summed E-state index contributed by atoms with van der Waals surface area (Å²) in [7, 11) is 1.50. The second kappa shape index (κ2) is 19.6. The number of primary amides is 1. The van der Waals surface area contributed by atoms with E-state index in [1.54, 1.807) is 36.4 Å². The number of likely N-dealkylation sites (N-methyl/N-ethyl adjacent to an activating group) is 1. The molecule has 0 aliphatic carbocycles. The summed E-state index contributed by atoms with van der Waals surface area (Å²) < 4.78 is 19.4. The zero-order valence-electron chi connectivity index (χ0n) is 28.3. The Morgan fingerprint density at radius 3 is 2.10 bits per heavy atom. The van der Waals surface area contributed by atoms with Crippen molar-refractivity contribution < 1.29 is 28.3 Å². The van der Waals surface area contributed by atoms with E-state index in [9.17, 15) is 24.0 Å². The van der Waals surface area contributed by atoms with E-state index >= 15 is 0 Å². The number of nitrogens with one attached hydrogen (secondary N) is 1. The molecular formula is C37H46FN5O5. The Morgan fingerprint density at radius 1 is 1.02 bits per heavy atom. The lowest BCUT2D eigenvalue weighted by molar-refractivity contribution is -0.147. The fourth-order valence-corrected chi connectivity index (χ4v) is 4.63. The Balaban J connectivity index is 0.000000900. The Hall–Kier alpha value is -5.08. The molecule has 4 rings (SSSR count). The average Bonchev–Trinajstić information content (AvgIpc) is 3.49. The SMILES string of the molecule is CC(C)(C)C.CN(CC(=O)N1CC(C(=O)Nc2ccccc2)CC1C#N)C(=O)C(Cc1ccc(F)cc1)OCc1ccccc1.NC=O. The first-order chi connectivity index (χ1) is 22.7. The van der Waals surface area contributed by atoms with E-state index < -0.39 is 29.9 Å². The van der Waals surface area contributed by atoms with Crippen molar-refractivity contribution in [1.29, 1.82) is 5.26 Å². The van der Waals surface area contributed by atoms with Crippen LogP contribution in [-0.4, -0.2) is 66.2 Å². The van der Waals surface area contributed by atoms with E-state index in [1.165, 1.54) is 29.0 Å². The Kier molecular flexibility index (Phi) is 15.9. The van der Waals surface area contributed by atoms with Gasteiger partial charge in [0, 0.05) is 25.7 Å². The zero-order valence-corrected chi connectivity index (χ0v) is 28.3. The van der Waals surface area contributed by atoms with Crippen molar-refractivity contribution in [2.45, 2.75) is 59.3 Å². The minimum atomic E-state index is -0.918. The highest BCUT2D eigenvalue weighted by atomic mass is 19.1. The van der Waals surface area contributed by atoms with Gasteiger partial charge in [-0.3, -0.25) is 19.2 Å². The molecular weight excluding hydrogens is 613 g/mol. The highest BCUT2D eigenvalue weighted by molar-refractivity contribution is 5.94. The molecule has 3 aromatic carbocycles. The standard InChI is InChI=1S/C31H31FN4O4.C5H12.CH3NO/c1-35(20-29(37)36-19-24(17-27(36)18-33)30(38)34-26-10-6-3-7-11-26)31(39)28(16-22-12-14-25(32)15-13-22)40-21-23-8-4-2-5-9-23;1-5(2,3)4;2-1-3/h2-15,24,27-28H,16-17,19-21H2,1H3,(H,34,38);1-4H3;1H,(H2,2,3). The van der Waals surface area contributed by atoms with Gasteiger partial charge in [-0.1, -0.05) is 88.4 Å². The van der Waals surface area contributed by atoms with Crippen LogP contribution in [0.3, 0.4) is 0 Å². The van der Waals surface area contributed by atoms with Crippen LogP contribution in [0.5, 0.6) is 0 Å². The van der Waals surface area contributed by atoms with Gasteiger partial charge in [0.25, 0.3) is 5.91 Å². The molecule has 0 saturated carbocycles. The van der Waals surface area contributed by atoms with Crippen molar-refractivity contribution in [2.24, 2.45) is 17.1 Å². The van der Waals surface area contributed by atoms with Crippen LogP contribution in [0.4, 0.5) is 10.1 Å². The molecule has 0 bridgehead atoms. The fourth-order valence-electron chi connectivity index (χ4n) is 4.63. The van der Waals surface area contributed by atoms with Crippen molar-refractivity contribution in [1.82, 2.24) is 9.80 Å². The Morgan fingerprint density at radius 2 is 1.56 bits per heavy atom. The highest BCUT2D eigenvalue weighted by Crippen LogP contribution is 2.25. The van der Waals surface area contributed by atoms with Gasteiger partial charge in [0.1, 0.15) is 18.0 Å². The number of carbonyl (C=O) groups excluding carboxylic acids is 4. The summed E-state index contributed by atoms with van der Waals surface area (Å²) in [5.41, 5.74) is 6.90. The molecule has 4 amide bonds. The lowest BCUT2D eigenvalue weighted by Gasteiger charge is -2.27. The third-order valence-electron chi connectivity index (χ3n) is 6.84. The number of nitriles is 1. The van der Waals surface area contributed by atoms with Crippen molar-refractivity contribution in [3.63, 3.8) is 0 Å². The van der Waals surface area contributed by atoms with Crippen molar-refractivity contribution in [3.8, 4) is 6.07 Å². The van der Waals surface area contributed by atoms with Crippen LogP contribution in [0.1, 0.15) is 45.2 Å². The number of nitrogens with zero attached hydrogens (tertiary/aromatic N) is 3. The molecule has 3 N–H and O–H groups in total. The molecule has 1 saturated heterocycles. The first kappa shape index (κ1) is 39.1. The van der Waals surface area contributed by atoms with Gasteiger partial charge in [-0.15, -0.1) is 0 Å². The highest BCUT2D eigenvalue weighted by Gasteiger charge is 2.39. The Bertz CT molecular complexity index is 1480. The van der Waals surface area contributed by atoms with E-state index in [0.29, 0.717) is 16.7 Å². The number of hydrogen-bond donors (Lipinski definition) is 2. The number of hydrogen-bond acceptors (Lipinski definition) is 6. The summed E-state index contributed by atoms with van der Waals surface area (Å²) in [6.45, 7) is 8.74. The lowest BCUT2D eigenvalue weighted by Crippen LogP contribution is -2.46. The number of ether oxygens (including phenoxy) is 1. The van der Waals surface area contributed by atoms with E-state index in [4.69, 9.17) is 9.53 Å². The number of rotatable bonds is 10. The molecule has 3 aromatic rings. The third kappa shape index (κ3) is 14.1. The van der Waals surface area contributed by atoms with Crippen molar-refractivity contribution in [2.75, 3.05) is 25.5 Å². The number of anilines is 1. The second-order valence-electron chi connectivity index (χ2n) is 12.9. The van der Waals surface area contributed by atoms with E-state index in [2.05, 4.69) is 44.8 Å². The number of likely N-dealkylation sites (tertiary alicyclic amines) is 1. The summed E-state index contributed by atoms with van der Waals surface area (Å²) in [6, 6.07) is 25.5. The van der Waals surface area contributed by atoms with E-state index in [0.717, 1.165) is 5.56 Å². The molecule has 1 aliphatic rings. The zero-order chi connectivity index (χ0) is 35.7. The van der Waals surface area contributed by atoms with Gasteiger partial charge in [-0.25, -0.2) is 4.39 Å². The summed E-state index contributed by atoms with van der Waals surface area (Å²) >= 11 is 0. The number of benzene rings is 3. The second-order valence-corrected chi connectivity index (χ2v) is 12.9. The van der Waals surface area contributed by atoms with Crippen molar-refractivity contribution >= 4 is 29.8 Å². The van der Waals surface area contributed by atoms with Crippen LogP contribution in [0.2, 0.25) is 0 Å². The van der Waals surface area contributed by atoms with Crippen LogP contribution >= 0.6 is 0 Å². The largest absolute Gasteiger partial charge is 0.372 e. The van der Waals surface area contributed by atoms with Crippen LogP contribution < -0.4 is 11.1 Å². The average molecular weight is 660 g/mol. The molecule has 3 atom stereocenters. The van der Waals surface area contributed by atoms with Crippen LogP contribution in [0, 0.1) is 28.5 Å². The predicted molar refractivity (Wildman–Crippen MR) is 182 cm³/mol. The molecule has 1 heterocycles. The van der Waals surface area contributed by atoms with Crippen LogP contribution in [0.15, 0.2) is 84.9 Å². The molecule has 1 fully saturated rings. The molecule has 256 valence electrons. The molecule has 0 spiro atoms. The van der Waals surface area contributed by atoms with Gasteiger partial charge in [0.05, 0.1) is 25.1 Å². The first-order valence-corrected chi connectivity index (χ1v) is 15.6. The normalized spacial score (nSPS) is 15.7. The van der Waals surface area contributed by atoms with Crippen LogP contribution in [0.25, 0.3) is 0 Å². The summed E-state index contributed by atoms with van der Waals surface area (Å²) in [5, 5.41) is 12.5. The van der Waals surface area contributed by atoms with Crippen molar-refractivity contribution in [3.05, 3.63) is 102 Å². The fraction of sp³-hybridized carbons (Fsp3) is 0.378. The monoisotopic (exact) mass is 659 g/mol. The molecule has 1 aliphatic heterocycles. The van der Waals surface area contributed by atoms with Gasteiger partial charge < -0.3 is 25.6 Å². The summed E-state index contributed by atoms with van der Waals surface area (Å²) in [5.74, 6) is -2.04. The predicted octanol–water partition coefficient (Wildman–Crippen LogP) is 4.95. The molecule has 11 heteroatoms. The molecule has 10 nitrogen and oxygen atoms in total. The number of amides is 4. The maximum absolute atomic E-state index is 13.4. The summed E-state index contributed by atoms with van der Waals surface area (Å²) in [4.78, 5) is 50.7. The number of nitrogens with two attached hydrogens (primary N) is 1.